The molecule has 0 unspecified atom stereocenters. The predicted octanol–water partition coefficient (Wildman–Crippen LogP) is 15.1. The maximum atomic E-state index is 11.8. The number of nitrogens with zero attached hydrogens (tertiary/aromatic N) is 1. The van der Waals surface area contributed by atoms with Gasteiger partial charge in [-0.3, -0.25) is 0 Å². The van der Waals surface area contributed by atoms with Crippen LogP contribution < -0.4 is 4.90 Å². The van der Waals surface area contributed by atoms with Crippen LogP contribution in [-0.4, -0.2) is 15.3 Å². The molecule has 0 fully saturated rings. The number of aliphatic hydroxyl groups is 3. The Labute approximate surface area is 377 Å². The molecule has 0 aliphatic rings. The maximum Gasteiger partial charge on any atom is 0.0846 e. The van der Waals surface area contributed by atoms with Gasteiger partial charge >= 0.3 is 0 Å². The molecule has 0 atom stereocenters. The average molecular weight is 838 g/mol. The molecule has 0 aliphatic carbocycles. The Hall–Kier alpha value is -6.82. The number of hydrogen-bond donors (Lipinski definition) is 3. The lowest BCUT2D eigenvalue weighted by Crippen LogP contribution is -2.21. The third kappa shape index (κ3) is 8.24. The van der Waals surface area contributed by atoms with Crippen LogP contribution in [-0.2, 0) is 16.8 Å². The molecule has 0 saturated carbocycles. The lowest BCUT2D eigenvalue weighted by Gasteiger charge is -2.30. The summed E-state index contributed by atoms with van der Waals surface area (Å²) in [5.74, 6) is 0. The monoisotopic (exact) mass is 837 g/mol. The Kier molecular flexibility index (Phi) is 10.9. The largest absolute Gasteiger partial charge is 0.386 e. The fourth-order valence-electron chi connectivity index (χ4n) is 9.20. The van der Waals surface area contributed by atoms with Crippen molar-refractivity contribution < 1.29 is 15.3 Å². The molecule has 0 spiro atoms. The fourth-order valence-corrected chi connectivity index (χ4v) is 9.20. The molecule has 4 nitrogen and oxygen atoms in total. The minimum Gasteiger partial charge on any atom is -0.386 e. The highest BCUT2D eigenvalue weighted by molar-refractivity contribution is 5.99. The molecule has 9 aromatic carbocycles. The Balaban J connectivity index is 1.11. The van der Waals surface area contributed by atoms with Gasteiger partial charge in [0.05, 0.1) is 16.8 Å². The summed E-state index contributed by atoms with van der Waals surface area (Å²) in [6, 6.07) is 65.4. The third-order valence-electron chi connectivity index (χ3n) is 12.5. The van der Waals surface area contributed by atoms with Gasteiger partial charge in [-0.15, -0.1) is 0 Å². The van der Waals surface area contributed by atoms with Crippen LogP contribution in [0.15, 0.2) is 188 Å². The van der Waals surface area contributed by atoms with Crippen molar-refractivity contribution in [3.63, 3.8) is 0 Å². The van der Waals surface area contributed by atoms with Crippen LogP contribution in [0.3, 0.4) is 0 Å². The van der Waals surface area contributed by atoms with Crippen molar-refractivity contribution in [2.45, 2.75) is 65.3 Å². The fraction of sp³-hybridized carbons (Fsp3) is 0.167. The van der Waals surface area contributed by atoms with Crippen LogP contribution in [0.1, 0.15) is 63.8 Å². The molecule has 3 N–H and O–H groups in total. The summed E-state index contributed by atoms with van der Waals surface area (Å²) in [5, 5.41) is 39.6. The van der Waals surface area contributed by atoms with Crippen LogP contribution in [0.5, 0.6) is 0 Å². The summed E-state index contributed by atoms with van der Waals surface area (Å²) < 4.78 is 0. The minimum atomic E-state index is -1.18. The van der Waals surface area contributed by atoms with E-state index in [4.69, 9.17) is 0 Å². The second-order valence-electron chi connectivity index (χ2n) is 18.7. The van der Waals surface area contributed by atoms with Gasteiger partial charge in [0.1, 0.15) is 0 Å². The van der Waals surface area contributed by atoms with E-state index >= 15 is 0 Å². The van der Waals surface area contributed by atoms with Crippen LogP contribution in [0, 0.1) is 6.92 Å². The third-order valence-corrected chi connectivity index (χ3v) is 12.5. The van der Waals surface area contributed by atoms with Crippen molar-refractivity contribution in [2.24, 2.45) is 0 Å². The first-order valence-corrected chi connectivity index (χ1v) is 22.1. The molecule has 0 aliphatic heterocycles. The highest BCUT2D eigenvalue weighted by Gasteiger charge is 2.29. The number of benzene rings is 9. The van der Waals surface area contributed by atoms with Gasteiger partial charge in [-0.1, -0.05) is 139 Å². The Morgan fingerprint density at radius 2 is 0.719 bits per heavy atom. The van der Waals surface area contributed by atoms with Gasteiger partial charge < -0.3 is 20.2 Å². The highest BCUT2D eigenvalue weighted by atomic mass is 16.3. The smallest absolute Gasteiger partial charge is 0.0846 e. The van der Waals surface area contributed by atoms with Gasteiger partial charge in [-0.25, -0.2) is 0 Å². The molecule has 9 aromatic rings. The summed E-state index contributed by atoms with van der Waals surface area (Å²) >= 11 is 0. The number of hydrogen-bond acceptors (Lipinski definition) is 4. The van der Waals surface area contributed by atoms with Gasteiger partial charge in [0.2, 0.25) is 0 Å². The van der Waals surface area contributed by atoms with Crippen molar-refractivity contribution >= 4 is 38.6 Å². The van der Waals surface area contributed by atoms with Gasteiger partial charge in [-0.2, -0.15) is 0 Å². The zero-order chi connectivity index (χ0) is 45.0. The number of anilines is 3. The first-order chi connectivity index (χ1) is 30.5. The van der Waals surface area contributed by atoms with E-state index < -0.39 is 16.8 Å². The summed E-state index contributed by atoms with van der Waals surface area (Å²) in [5.41, 5.74) is 11.0. The van der Waals surface area contributed by atoms with Gasteiger partial charge in [0.25, 0.3) is 0 Å². The van der Waals surface area contributed by atoms with Crippen molar-refractivity contribution in [3.05, 3.63) is 210 Å². The summed E-state index contributed by atoms with van der Waals surface area (Å²) in [6.45, 7) is 13.1. The molecule has 0 aromatic heterocycles. The molecule has 9 rings (SSSR count). The van der Waals surface area contributed by atoms with Crippen LogP contribution in [0.2, 0.25) is 0 Å². The molecule has 0 heterocycles. The molecular formula is C60H55NO3. The zero-order valence-electron chi connectivity index (χ0n) is 37.7. The molecular weight excluding hydrogens is 783 g/mol. The second kappa shape index (κ2) is 16.4. The standard InChI is InChI=1S/C60H55NO3/c1-39-22-29-45(30-23-39)61(46-31-24-42(25-32-46)51-35-28-44(36-55(51)58(2,3)62)50-20-12-16-40-14-8-10-18-48(40)50)47-33-26-43(27-34-47)53-37-57(60(6,7)64)54(38-56(53)59(4,5)63)52-21-13-17-41-15-9-11-19-49(41)52/h8-38,62-64H,1-7H3. The quantitative estimate of drug-likeness (QED) is 0.128. The second-order valence-corrected chi connectivity index (χ2v) is 18.7. The van der Waals surface area contributed by atoms with E-state index in [1.165, 1.54) is 16.3 Å². The SMILES string of the molecule is Cc1ccc(N(c2ccc(-c3ccc(-c4cccc5ccccc45)cc3C(C)(C)O)cc2)c2ccc(-c3cc(C(C)(C)O)c(-c4cccc5ccccc45)cc3C(C)(C)O)cc2)cc1. The minimum absolute atomic E-state index is 0.776. The first kappa shape index (κ1) is 42.5. The lowest BCUT2D eigenvalue weighted by atomic mass is 9.80. The number of aryl methyl sites for hydroxylation is 1. The van der Waals surface area contributed by atoms with Crippen molar-refractivity contribution in [3.8, 4) is 44.5 Å². The highest BCUT2D eigenvalue weighted by Crippen LogP contribution is 2.45. The van der Waals surface area contributed by atoms with E-state index in [-0.39, 0.29) is 0 Å². The zero-order valence-corrected chi connectivity index (χ0v) is 37.7. The van der Waals surface area contributed by atoms with Crippen molar-refractivity contribution in [2.75, 3.05) is 4.90 Å². The molecule has 0 amide bonds. The van der Waals surface area contributed by atoms with E-state index in [1.54, 1.807) is 0 Å². The number of fused-ring (bicyclic) bond motifs is 2. The number of rotatable bonds is 10. The van der Waals surface area contributed by atoms with E-state index in [0.29, 0.717) is 0 Å². The van der Waals surface area contributed by atoms with Crippen LogP contribution in [0.4, 0.5) is 17.1 Å². The Morgan fingerprint density at radius 3 is 1.25 bits per heavy atom. The van der Waals surface area contributed by atoms with Gasteiger partial charge in [-0.05, 0) is 186 Å². The molecule has 0 radical (unpaired) electrons. The Morgan fingerprint density at radius 1 is 0.328 bits per heavy atom. The van der Waals surface area contributed by atoms with Crippen LogP contribution in [0.25, 0.3) is 66.1 Å². The van der Waals surface area contributed by atoms with Crippen molar-refractivity contribution in [1.29, 1.82) is 0 Å². The molecule has 0 bridgehead atoms. The predicted molar refractivity (Wildman–Crippen MR) is 268 cm³/mol. The maximum absolute atomic E-state index is 11.8. The molecule has 0 saturated heterocycles. The molecule has 64 heavy (non-hydrogen) atoms. The normalized spacial score (nSPS) is 12.2. The van der Waals surface area contributed by atoms with Crippen molar-refractivity contribution in [1.82, 2.24) is 0 Å². The summed E-state index contributed by atoms with van der Waals surface area (Å²) in [4.78, 5) is 2.25. The van der Waals surface area contributed by atoms with E-state index in [2.05, 4.69) is 182 Å². The molecule has 318 valence electrons. The summed E-state index contributed by atoms with van der Waals surface area (Å²) in [6.07, 6.45) is 0. The van der Waals surface area contributed by atoms with Gasteiger partial charge in [0, 0.05) is 17.1 Å². The summed E-state index contributed by atoms with van der Waals surface area (Å²) in [7, 11) is 0. The van der Waals surface area contributed by atoms with Gasteiger partial charge in [0.15, 0.2) is 0 Å². The van der Waals surface area contributed by atoms with E-state index in [9.17, 15) is 15.3 Å². The van der Waals surface area contributed by atoms with E-state index in [1.807, 2.05) is 59.7 Å². The van der Waals surface area contributed by atoms with Crippen LogP contribution >= 0.6 is 0 Å². The Bertz CT molecular complexity index is 3130. The average Bonchev–Trinajstić information content (AvgIpc) is 3.28. The first-order valence-electron chi connectivity index (χ1n) is 22.1. The topological polar surface area (TPSA) is 63.9 Å². The lowest BCUT2D eigenvalue weighted by molar-refractivity contribution is 0.0753. The van der Waals surface area contributed by atoms with E-state index in [0.717, 1.165) is 89.0 Å². The molecule has 4 heteroatoms.